The molecule has 0 aliphatic carbocycles. The van der Waals surface area contributed by atoms with Crippen LogP contribution in [0.5, 0.6) is 5.75 Å². The van der Waals surface area contributed by atoms with Crippen LogP contribution in [0, 0.1) is 6.92 Å². The number of carbonyl (C=O) groups excluding carboxylic acids is 1. The molecule has 0 radical (unpaired) electrons. The molecule has 7 heteroatoms. The Balaban J connectivity index is 2.33. The van der Waals surface area contributed by atoms with Crippen molar-refractivity contribution in [2.75, 3.05) is 18.5 Å². The van der Waals surface area contributed by atoms with Gasteiger partial charge in [-0.1, -0.05) is 6.07 Å². The zero-order valence-electron chi connectivity index (χ0n) is 10.3. The van der Waals surface area contributed by atoms with E-state index < -0.39 is 18.7 Å². The molecule has 0 aliphatic rings. The van der Waals surface area contributed by atoms with Crippen LogP contribution in [-0.4, -0.2) is 30.4 Å². The van der Waals surface area contributed by atoms with Crippen molar-refractivity contribution in [3.63, 3.8) is 0 Å². The average Bonchev–Trinajstić information content (AvgIpc) is 2.28. The van der Waals surface area contributed by atoms with Crippen LogP contribution in [0.4, 0.5) is 18.9 Å². The van der Waals surface area contributed by atoms with E-state index in [0.29, 0.717) is 11.3 Å². The number of amides is 1. The summed E-state index contributed by atoms with van der Waals surface area (Å²) in [6.45, 7) is 0.0146. The van der Waals surface area contributed by atoms with Gasteiger partial charge in [0.15, 0.2) is 0 Å². The fourth-order valence-electron chi connectivity index (χ4n) is 1.26. The number of phenols is 1. The SMILES string of the molecule is Cc1ccc(NC(=O)CCOCC(F)(F)F)cc1O. The van der Waals surface area contributed by atoms with Crippen molar-refractivity contribution in [2.45, 2.75) is 19.5 Å². The Morgan fingerprint density at radius 1 is 1.42 bits per heavy atom. The van der Waals surface area contributed by atoms with E-state index in [1.165, 1.54) is 6.07 Å². The Morgan fingerprint density at radius 3 is 2.68 bits per heavy atom. The van der Waals surface area contributed by atoms with Crippen LogP contribution in [0.2, 0.25) is 0 Å². The second kappa shape index (κ2) is 6.42. The third-order valence-corrected chi connectivity index (χ3v) is 2.23. The third kappa shape index (κ3) is 6.10. The summed E-state index contributed by atoms with van der Waals surface area (Å²) in [5.74, 6) is -0.448. The van der Waals surface area contributed by atoms with E-state index in [4.69, 9.17) is 0 Å². The fourth-order valence-corrected chi connectivity index (χ4v) is 1.26. The first kappa shape index (κ1) is 15.3. The quantitative estimate of drug-likeness (QED) is 0.813. The molecule has 1 amide bonds. The number of aromatic hydroxyl groups is 1. The van der Waals surface area contributed by atoms with Gasteiger partial charge in [0.05, 0.1) is 13.0 Å². The predicted octanol–water partition coefficient (Wildman–Crippen LogP) is 2.61. The zero-order chi connectivity index (χ0) is 14.5. The Hall–Kier alpha value is -1.76. The average molecular weight is 277 g/mol. The minimum absolute atomic E-state index is 0.0334. The predicted molar refractivity (Wildman–Crippen MR) is 63.0 cm³/mol. The summed E-state index contributed by atoms with van der Waals surface area (Å²) in [6.07, 6.45) is -4.58. The summed E-state index contributed by atoms with van der Waals surface area (Å²) >= 11 is 0. The van der Waals surface area contributed by atoms with E-state index in [2.05, 4.69) is 10.1 Å². The van der Waals surface area contributed by atoms with Gasteiger partial charge >= 0.3 is 6.18 Å². The van der Waals surface area contributed by atoms with Gasteiger partial charge in [-0.25, -0.2) is 0 Å². The van der Waals surface area contributed by atoms with Crippen molar-refractivity contribution in [1.82, 2.24) is 0 Å². The number of benzene rings is 1. The molecule has 0 aliphatic heterocycles. The lowest BCUT2D eigenvalue weighted by atomic mass is 10.2. The molecule has 1 rings (SSSR count). The zero-order valence-corrected chi connectivity index (χ0v) is 10.3. The summed E-state index contributed by atoms with van der Waals surface area (Å²) in [5.41, 5.74) is 1.04. The highest BCUT2D eigenvalue weighted by atomic mass is 19.4. The number of halogens is 3. The molecule has 0 fully saturated rings. The second-order valence-electron chi connectivity index (χ2n) is 3.97. The molecular weight excluding hydrogens is 263 g/mol. The van der Waals surface area contributed by atoms with E-state index in [-0.39, 0.29) is 18.8 Å². The van der Waals surface area contributed by atoms with Crippen molar-refractivity contribution in [3.8, 4) is 5.75 Å². The molecular formula is C12H14F3NO3. The normalized spacial score (nSPS) is 11.4. The Labute approximate surface area is 108 Å². The number of alkyl halides is 3. The number of aryl methyl sites for hydroxylation is 1. The number of hydrogen-bond donors (Lipinski definition) is 2. The molecule has 1 aromatic rings. The molecule has 0 bridgehead atoms. The lowest BCUT2D eigenvalue weighted by Gasteiger charge is -2.08. The number of nitrogens with one attached hydrogen (secondary N) is 1. The fraction of sp³-hybridized carbons (Fsp3) is 0.417. The summed E-state index contributed by atoms with van der Waals surface area (Å²) in [4.78, 5) is 11.4. The number of anilines is 1. The maximum absolute atomic E-state index is 11.8. The van der Waals surface area contributed by atoms with Crippen LogP contribution in [-0.2, 0) is 9.53 Å². The number of phenolic OH excluding ortho intramolecular Hbond substituents is 1. The molecule has 19 heavy (non-hydrogen) atoms. The van der Waals surface area contributed by atoms with Gasteiger partial charge in [0.1, 0.15) is 12.4 Å². The highest BCUT2D eigenvalue weighted by Crippen LogP contribution is 2.20. The molecule has 0 spiro atoms. The van der Waals surface area contributed by atoms with E-state index >= 15 is 0 Å². The smallest absolute Gasteiger partial charge is 0.411 e. The van der Waals surface area contributed by atoms with E-state index in [1.807, 2.05) is 0 Å². The number of carbonyl (C=O) groups is 1. The van der Waals surface area contributed by atoms with Gasteiger partial charge in [-0.3, -0.25) is 4.79 Å². The minimum Gasteiger partial charge on any atom is -0.508 e. The Morgan fingerprint density at radius 2 is 2.11 bits per heavy atom. The molecule has 0 atom stereocenters. The molecule has 0 heterocycles. The molecule has 2 N–H and O–H groups in total. The largest absolute Gasteiger partial charge is 0.508 e. The highest BCUT2D eigenvalue weighted by molar-refractivity contribution is 5.91. The van der Waals surface area contributed by atoms with Crippen LogP contribution >= 0.6 is 0 Å². The number of ether oxygens (including phenoxy) is 1. The van der Waals surface area contributed by atoms with Gasteiger partial charge in [0.2, 0.25) is 5.91 Å². The second-order valence-corrected chi connectivity index (χ2v) is 3.97. The molecule has 0 aromatic heterocycles. The monoisotopic (exact) mass is 277 g/mol. The maximum atomic E-state index is 11.8. The lowest BCUT2D eigenvalue weighted by Crippen LogP contribution is -2.20. The van der Waals surface area contributed by atoms with Crippen LogP contribution in [0.15, 0.2) is 18.2 Å². The third-order valence-electron chi connectivity index (χ3n) is 2.23. The van der Waals surface area contributed by atoms with Crippen molar-refractivity contribution < 1.29 is 27.8 Å². The standard InChI is InChI=1S/C12H14F3NO3/c1-8-2-3-9(6-10(8)17)16-11(18)4-5-19-7-12(13,14)15/h2-3,6,17H,4-5,7H2,1H3,(H,16,18). The van der Waals surface area contributed by atoms with Gasteiger partial charge in [-0.05, 0) is 18.6 Å². The maximum Gasteiger partial charge on any atom is 0.411 e. The summed E-state index contributed by atoms with van der Waals surface area (Å²) < 4.78 is 39.6. The number of hydrogen-bond acceptors (Lipinski definition) is 3. The van der Waals surface area contributed by atoms with E-state index in [9.17, 15) is 23.1 Å². The van der Waals surface area contributed by atoms with Crippen LogP contribution in [0.1, 0.15) is 12.0 Å². The lowest BCUT2D eigenvalue weighted by molar-refractivity contribution is -0.174. The molecule has 0 saturated carbocycles. The van der Waals surface area contributed by atoms with Gasteiger partial charge < -0.3 is 15.2 Å². The Kier molecular flexibility index (Phi) is 5.17. The molecule has 4 nitrogen and oxygen atoms in total. The number of rotatable bonds is 5. The van der Waals surface area contributed by atoms with E-state index in [0.717, 1.165) is 0 Å². The molecule has 0 saturated heterocycles. The van der Waals surface area contributed by atoms with Crippen molar-refractivity contribution in [1.29, 1.82) is 0 Å². The Bertz CT molecular complexity index is 446. The van der Waals surface area contributed by atoms with Gasteiger partial charge in [-0.2, -0.15) is 13.2 Å². The van der Waals surface area contributed by atoms with Crippen molar-refractivity contribution >= 4 is 11.6 Å². The van der Waals surface area contributed by atoms with Crippen LogP contribution in [0.3, 0.4) is 0 Å². The summed E-state index contributed by atoms with van der Waals surface area (Å²) in [5, 5.41) is 11.9. The first-order valence-electron chi connectivity index (χ1n) is 5.52. The van der Waals surface area contributed by atoms with Crippen LogP contribution in [0.25, 0.3) is 0 Å². The van der Waals surface area contributed by atoms with Crippen molar-refractivity contribution in [2.24, 2.45) is 0 Å². The summed E-state index contributed by atoms with van der Waals surface area (Å²) in [6, 6.07) is 4.57. The van der Waals surface area contributed by atoms with E-state index in [1.54, 1.807) is 19.1 Å². The van der Waals surface area contributed by atoms with Gasteiger partial charge in [0, 0.05) is 11.8 Å². The van der Waals surface area contributed by atoms with Gasteiger partial charge in [-0.15, -0.1) is 0 Å². The van der Waals surface area contributed by atoms with Crippen molar-refractivity contribution in [3.05, 3.63) is 23.8 Å². The minimum atomic E-state index is -4.39. The summed E-state index contributed by atoms with van der Waals surface area (Å²) in [7, 11) is 0. The molecule has 1 aromatic carbocycles. The highest BCUT2D eigenvalue weighted by Gasteiger charge is 2.27. The first-order valence-corrected chi connectivity index (χ1v) is 5.52. The van der Waals surface area contributed by atoms with Gasteiger partial charge in [0.25, 0.3) is 0 Å². The van der Waals surface area contributed by atoms with Crippen LogP contribution < -0.4 is 5.32 Å². The molecule has 106 valence electrons. The molecule has 0 unspecified atom stereocenters. The topological polar surface area (TPSA) is 58.6 Å². The first-order chi connectivity index (χ1) is 8.78.